The van der Waals surface area contributed by atoms with E-state index in [0.717, 1.165) is 5.70 Å². The highest BCUT2D eigenvalue weighted by molar-refractivity contribution is 4.91. The van der Waals surface area contributed by atoms with E-state index in [0.29, 0.717) is 5.92 Å². The standard InChI is InChI=1S/C9H19N/c1-4-5-6-7-8(2)9(3)10/h8H,3-7,10H2,1-2H3/t8-/m0/s1. The smallest absolute Gasteiger partial charge is 0.00362 e. The van der Waals surface area contributed by atoms with Crippen molar-refractivity contribution in [2.45, 2.75) is 39.5 Å². The van der Waals surface area contributed by atoms with E-state index in [1.807, 2.05) is 0 Å². The quantitative estimate of drug-likeness (QED) is 0.585. The Bertz CT molecular complexity index is 96.9. The van der Waals surface area contributed by atoms with E-state index in [4.69, 9.17) is 5.73 Å². The van der Waals surface area contributed by atoms with Crippen molar-refractivity contribution in [3.63, 3.8) is 0 Å². The lowest BCUT2D eigenvalue weighted by Crippen LogP contribution is -2.06. The molecule has 1 heteroatoms. The molecule has 0 aliphatic heterocycles. The fourth-order valence-electron chi connectivity index (χ4n) is 0.886. The molecule has 0 spiro atoms. The van der Waals surface area contributed by atoms with Crippen LogP contribution in [0.1, 0.15) is 39.5 Å². The second-order valence-corrected chi connectivity index (χ2v) is 2.97. The fraction of sp³-hybridized carbons (Fsp3) is 0.778. The summed E-state index contributed by atoms with van der Waals surface area (Å²) < 4.78 is 0. The van der Waals surface area contributed by atoms with Crippen LogP contribution in [-0.4, -0.2) is 0 Å². The minimum Gasteiger partial charge on any atom is -0.402 e. The molecular formula is C9H19N. The van der Waals surface area contributed by atoms with Crippen molar-refractivity contribution < 1.29 is 0 Å². The van der Waals surface area contributed by atoms with Gasteiger partial charge < -0.3 is 5.73 Å². The molecule has 0 aromatic heterocycles. The van der Waals surface area contributed by atoms with Crippen LogP contribution in [0.2, 0.25) is 0 Å². The maximum atomic E-state index is 5.52. The summed E-state index contributed by atoms with van der Waals surface area (Å²) in [6.07, 6.45) is 5.08. The first-order chi connectivity index (χ1) is 4.68. The maximum Gasteiger partial charge on any atom is 0.00362 e. The van der Waals surface area contributed by atoms with Gasteiger partial charge >= 0.3 is 0 Å². The summed E-state index contributed by atoms with van der Waals surface area (Å²) in [5, 5.41) is 0. The van der Waals surface area contributed by atoms with Gasteiger partial charge in [0.15, 0.2) is 0 Å². The van der Waals surface area contributed by atoms with Gasteiger partial charge in [-0.15, -0.1) is 0 Å². The van der Waals surface area contributed by atoms with Gasteiger partial charge in [0.05, 0.1) is 0 Å². The van der Waals surface area contributed by atoms with Gasteiger partial charge in [-0.05, 0) is 12.3 Å². The minimum atomic E-state index is 0.506. The van der Waals surface area contributed by atoms with Crippen molar-refractivity contribution in [2.75, 3.05) is 0 Å². The van der Waals surface area contributed by atoms with Crippen molar-refractivity contribution >= 4 is 0 Å². The molecule has 0 unspecified atom stereocenters. The third-order valence-corrected chi connectivity index (χ3v) is 1.87. The van der Waals surface area contributed by atoms with Crippen LogP contribution in [-0.2, 0) is 0 Å². The molecule has 10 heavy (non-hydrogen) atoms. The summed E-state index contributed by atoms with van der Waals surface area (Å²) in [5.41, 5.74) is 6.35. The Balaban J connectivity index is 3.21. The van der Waals surface area contributed by atoms with Gasteiger partial charge in [-0.25, -0.2) is 0 Å². The van der Waals surface area contributed by atoms with E-state index in [1.54, 1.807) is 0 Å². The summed E-state index contributed by atoms with van der Waals surface area (Å²) in [6.45, 7) is 8.06. The molecule has 0 aromatic carbocycles. The zero-order chi connectivity index (χ0) is 7.98. The van der Waals surface area contributed by atoms with Gasteiger partial charge in [0, 0.05) is 5.70 Å². The van der Waals surface area contributed by atoms with Crippen LogP contribution in [0.3, 0.4) is 0 Å². The Hall–Kier alpha value is -0.460. The third kappa shape index (κ3) is 4.42. The van der Waals surface area contributed by atoms with Gasteiger partial charge in [0.2, 0.25) is 0 Å². The van der Waals surface area contributed by atoms with Crippen LogP contribution in [0.15, 0.2) is 12.3 Å². The molecule has 2 N–H and O–H groups in total. The molecule has 0 aliphatic rings. The van der Waals surface area contributed by atoms with Crippen LogP contribution in [0.5, 0.6) is 0 Å². The van der Waals surface area contributed by atoms with E-state index in [2.05, 4.69) is 20.4 Å². The molecule has 0 radical (unpaired) electrons. The second-order valence-electron chi connectivity index (χ2n) is 2.97. The van der Waals surface area contributed by atoms with Crippen LogP contribution >= 0.6 is 0 Å². The average molecular weight is 141 g/mol. The number of hydrogen-bond donors (Lipinski definition) is 1. The summed E-state index contributed by atoms with van der Waals surface area (Å²) in [4.78, 5) is 0. The largest absolute Gasteiger partial charge is 0.402 e. The first-order valence-corrected chi connectivity index (χ1v) is 4.12. The summed E-state index contributed by atoms with van der Waals surface area (Å²) in [7, 11) is 0. The molecule has 0 saturated carbocycles. The Morgan fingerprint density at radius 3 is 2.50 bits per heavy atom. The van der Waals surface area contributed by atoms with Gasteiger partial charge in [-0.3, -0.25) is 0 Å². The van der Waals surface area contributed by atoms with E-state index in [-0.39, 0.29) is 0 Å². The van der Waals surface area contributed by atoms with Crippen LogP contribution in [0.25, 0.3) is 0 Å². The molecule has 0 aromatic rings. The van der Waals surface area contributed by atoms with E-state index in [9.17, 15) is 0 Å². The molecule has 0 fully saturated rings. The zero-order valence-corrected chi connectivity index (χ0v) is 7.19. The molecule has 1 nitrogen and oxygen atoms in total. The second kappa shape index (κ2) is 5.33. The normalized spacial score (nSPS) is 13.0. The number of nitrogens with two attached hydrogens (primary N) is 1. The first-order valence-electron chi connectivity index (χ1n) is 4.12. The lowest BCUT2D eigenvalue weighted by atomic mass is 10.0. The van der Waals surface area contributed by atoms with Gasteiger partial charge in [-0.1, -0.05) is 39.7 Å². The highest BCUT2D eigenvalue weighted by Crippen LogP contribution is 2.12. The molecule has 0 heterocycles. The highest BCUT2D eigenvalue weighted by Gasteiger charge is 2.00. The number of unbranched alkanes of at least 4 members (excludes halogenated alkanes) is 2. The molecule has 1 atom stereocenters. The molecule has 0 bridgehead atoms. The number of hydrogen-bond acceptors (Lipinski definition) is 1. The topological polar surface area (TPSA) is 26.0 Å². The van der Waals surface area contributed by atoms with Crippen LogP contribution in [0.4, 0.5) is 0 Å². The summed E-state index contributed by atoms with van der Waals surface area (Å²) in [6, 6.07) is 0. The van der Waals surface area contributed by atoms with Crippen molar-refractivity contribution in [3.8, 4) is 0 Å². The maximum absolute atomic E-state index is 5.52. The highest BCUT2D eigenvalue weighted by atomic mass is 14.6. The first kappa shape index (κ1) is 9.54. The van der Waals surface area contributed by atoms with Crippen molar-refractivity contribution in [3.05, 3.63) is 12.3 Å². The fourth-order valence-corrected chi connectivity index (χ4v) is 0.886. The monoisotopic (exact) mass is 141 g/mol. The Kier molecular flexibility index (Phi) is 5.09. The molecule has 0 amide bonds. The number of rotatable bonds is 5. The lowest BCUT2D eigenvalue weighted by Gasteiger charge is -2.08. The van der Waals surface area contributed by atoms with Crippen LogP contribution in [0, 0.1) is 5.92 Å². The number of allylic oxidation sites excluding steroid dienone is 1. The average Bonchev–Trinajstić information content (AvgIpc) is 1.88. The Labute approximate surface area is 64.3 Å². The lowest BCUT2D eigenvalue weighted by molar-refractivity contribution is 0.551. The van der Waals surface area contributed by atoms with Crippen LogP contribution < -0.4 is 5.73 Å². The molecule has 0 aliphatic carbocycles. The van der Waals surface area contributed by atoms with Crippen molar-refractivity contribution in [1.82, 2.24) is 0 Å². The SMILES string of the molecule is C=C(N)[C@@H](C)CCCCC. The minimum absolute atomic E-state index is 0.506. The molecule has 60 valence electrons. The summed E-state index contributed by atoms with van der Waals surface area (Å²) >= 11 is 0. The van der Waals surface area contributed by atoms with Crippen molar-refractivity contribution in [2.24, 2.45) is 11.7 Å². The van der Waals surface area contributed by atoms with Crippen molar-refractivity contribution in [1.29, 1.82) is 0 Å². The summed E-state index contributed by atoms with van der Waals surface area (Å²) in [5.74, 6) is 0.506. The molecular weight excluding hydrogens is 122 g/mol. The van der Waals surface area contributed by atoms with Gasteiger partial charge in [0.1, 0.15) is 0 Å². The zero-order valence-electron chi connectivity index (χ0n) is 7.19. The molecule has 0 rings (SSSR count). The van der Waals surface area contributed by atoms with E-state index in [1.165, 1.54) is 25.7 Å². The molecule has 0 saturated heterocycles. The predicted octanol–water partition coefficient (Wildman–Crippen LogP) is 2.68. The third-order valence-electron chi connectivity index (χ3n) is 1.87. The predicted molar refractivity (Wildman–Crippen MR) is 46.6 cm³/mol. The van der Waals surface area contributed by atoms with E-state index < -0.39 is 0 Å². The van der Waals surface area contributed by atoms with Gasteiger partial charge in [0.25, 0.3) is 0 Å². The van der Waals surface area contributed by atoms with Gasteiger partial charge in [-0.2, -0.15) is 0 Å². The van der Waals surface area contributed by atoms with E-state index >= 15 is 0 Å². The Morgan fingerprint density at radius 2 is 2.10 bits per heavy atom. The Morgan fingerprint density at radius 1 is 1.50 bits per heavy atom.